The van der Waals surface area contributed by atoms with E-state index in [2.05, 4.69) is 4.98 Å². The summed E-state index contributed by atoms with van der Waals surface area (Å²) in [6.45, 7) is 1.01. The zero-order valence-electron chi connectivity index (χ0n) is 8.97. The molecule has 1 aromatic heterocycles. The van der Waals surface area contributed by atoms with Crippen LogP contribution < -0.4 is 10.6 Å². The summed E-state index contributed by atoms with van der Waals surface area (Å²) in [6.07, 6.45) is 2.84. The van der Waals surface area contributed by atoms with E-state index in [1.165, 1.54) is 0 Å². The minimum atomic E-state index is -1.42. The number of hydrogen-bond donors (Lipinski definition) is 2. The maximum atomic E-state index is 11.2. The highest BCUT2D eigenvalue weighted by molar-refractivity contribution is 5.84. The number of pyridine rings is 1. The summed E-state index contributed by atoms with van der Waals surface area (Å²) in [6, 6.07) is 5.56. The smallest absolute Gasteiger partial charge is 0.251 e. The van der Waals surface area contributed by atoms with Crippen molar-refractivity contribution in [2.75, 3.05) is 18.0 Å². The highest BCUT2D eigenvalue weighted by Gasteiger charge is 2.38. The SMILES string of the molecule is NC(=O)[C@@]1(O)CCCN(c2ccccn2)C1. The van der Waals surface area contributed by atoms with Crippen LogP contribution in [0.3, 0.4) is 0 Å². The van der Waals surface area contributed by atoms with Crippen LogP contribution in [-0.4, -0.2) is 34.7 Å². The molecule has 1 aromatic rings. The van der Waals surface area contributed by atoms with Gasteiger partial charge in [0.2, 0.25) is 0 Å². The van der Waals surface area contributed by atoms with Crippen LogP contribution in [0.4, 0.5) is 5.82 Å². The molecule has 3 N–H and O–H groups in total. The van der Waals surface area contributed by atoms with E-state index in [0.29, 0.717) is 6.42 Å². The highest BCUT2D eigenvalue weighted by Crippen LogP contribution is 2.24. The molecule has 0 unspecified atom stereocenters. The third-order valence-corrected chi connectivity index (χ3v) is 2.90. The fourth-order valence-electron chi connectivity index (χ4n) is 1.97. The number of piperidine rings is 1. The predicted octanol–water partition coefficient (Wildman–Crippen LogP) is -0.102. The summed E-state index contributed by atoms with van der Waals surface area (Å²) >= 11 is 0. The molecule has 1 amide bonds. The summed E-state index contributed by atoms with van der Waals surface area (Å²) in [7, 11) is 0. The van der Waals surface area contributed by atoms with Crippen molar-refractivity contribution in [3.8, 4) is 0 Å². The Labute approximate surface area is 93.9 Å². The van der Waals surface area contributed by atoms with Crippen LogP contribution >= 0.6 is 0 Å². The second-order valence-corrected chi connectivity index (χ2v) is 4.11. The van der Waals surface area contributed by atoms with Gasteiger partial charge in [-0.1, -0.05) is 6.07 Å². The van der Waals surface area contributed by atoms with Crippen LogP contribution in [-0.2, 0) is 4.79 Å². The van der Waals surface area contributed by atoms with Crippen molar-refractivity contribution in [2.24, 2.45) is 5.73 Å². The molecule has 1 atom stereocenters. The number of primary amides is 1. The molecule has 0 aliphatic carbocycles. The van der Waals surface area contributed by atoms with E-state index < -0.39 is 11.5 Å². The van der Waals surface area contributed by atoms with Crippen LogP contribution in [0.1, 0.15) is 12.8 Å². The number of carbonyl (C=O) groups is 1. The van der Waals surface area contributed by atoms with E-state index in [4.69, 9.17) is 5.73 Å². The van der Waals surface area contributed by atoms with Gasteiger partial charge in [-0.25, -0.2) is 4.98 Å². The van der Waals surface area contributed by atoms with Crippen LogP contribution in [0.5, 0.6) is 0 Å². The Hall–Kier alpha value is -1.62. The predicted molar refractivity (Wildman–Crippen MR) is 59.8 cm³/mol. The number of aliphatic hydroxyl groups is 1. The number of β-amino-alcohol motifs (C(OH)–C–C–N with tert-alkyl or cyclic N) is 1. The maximum Gasteiger partial charge on any atom is 0.251 e. The van der Waals surface area contributed by atoms with Crippen molar-refractivity contribution >= 4 is 11.7 Å². The van der Waals surface area contributed by atoms with Crippen LogP contribution in [0, 0.1) is 0 Å². The van der Waals surface area contributed by atoms with E-state index in [0.717, 1.165) is 18.8 Å². The summed E-state index contributed by atoms with van der Waals surface area (Å²) in [5.41, 5.74) is 3.78. The third-order valence-electron chi connectivity index (χ3n) is 2.90. The summed E-state index contributed by atoms with van der Waals surface area (Å²) < 4.78 is 0. The summed E-state index contributed by atoms with van der Waals surface area (Å²) in [4.78, 5) is 17.3. The average molecular weight is 221 g/mol. The van der Waals surface area contributed by atoms with Crippen LogP contribution in [0.2, 0.25) is 0 Å². The number of rotatable bonds is 2. The molecule has 1 fully saturated rings. The van der Waals surface area contributed by atoms with Gasteiger partial charge in [0.1, 0.15) is 5.82 Å². The molecular weight excluding hydrogens is 206 g/mol. The van der Waals surface area contributed by atoms with E-state index in [1.807, 2.05) is 23.1 Å². The van der Waals surface area contributed by atoms with Crippen LogP contribution in [0.25, 0.3) is 0 Å². The minimum Gasteiger partial charge on any atom is -0.378 e. The zero-order chi connectivity index (χ0) is 11.6. The third kappa shape index (κ3) is 1.99. The normalized spacial score (nSPS) is 25.4. The average Bonchev–Trinajstić information content (AvgIpc) is 2.30. The quantitative estimate of drug-likeness (QED) is 0.730. The lowest BCUT2D eigenvalue weighted by Gasteiger charge is -2.37. The first-order valence-electron chi connectivity index (χ1n) is 5.30. The Bertz CT molecular complexity index is 382. The first-order chi connectivity index (χ1) is 7.62. The van der Waals surface area contributed by atoms with Gasteiger partial charge in [0.15, 0.2) is 5.60 Å². The topological polar surface area (TPSA) is 79.5 Å². The Morgan fingerprint density at radius 1 is 1.56 bits per heavy atom. The summed E-state index contributed by atoms with van der Waals surface area (Å²) in [5.74, 6) is 0.106. The highest BCUT2D eigenvalue weighted by atomic mass is 16.3. The lowest BCUT2D eigenvalue weighted by atomic mass is 9.92. The lowest BCUT2D eigenvalue weighted by molar-refractivity contribution is -0.137. The van der Waals surface area contributed by atoms with Crippen molar-refractivity contribution in [1.82, 2.24) is 4.98 Å². The number of amides is 1. The fourth-order valence-corrected chi connectivity index (χ4v) is 1.97. The largest absolute Gasteiger partial charge is 0.378 e. The Balaban J connectivity index is 2.17. The molecule has 0 spiro atoms. The Morgan fingerprint density at radius 3 is 3.00 bits per heavy atom. The van der Waals surface area contributed by atoms with Crippen LogP contribution in [0.15, 0.2) is 24.4 Å². The van der Waals surface area contributed by atoms with E-state index in [9.17, 15) is 9.90 Å². The van der Waals surface area contributed by atoms with Gasteiger partial charge in [0.25, 0.3) is 5.91 Å². The Morgan fingerprint density at radius 2 is 2.38 bits per heavy atom. The molecule has 2 rings (SSSR count). The minimum absolute atomic E-state index is 0.222. The molecule has 0 radical (unpaired) electrons. The molecule has 1 aliphatic rings. The van der Waals surface area contributed by atoms with Crippen molar-refractivity contribution < 1.29 is 9.90 Å². The molecule has 0 aromatic carbocycles. The zero-order valence-corrected chi connectivity index (χ0v) is 8.97. The number of nitrogens with zero attached hydrogens (tertiary/aromatic N) is 2. The molecule has 1 saturated heterocycles. The number of anilines is 1. The van der Waals surface area contributed by atoms with Crippen molar-refractivity contribution in [1.29, 1.82) is 0 Å². The van der Waals surface area contributed by atoms with Crippen molar-refractivity contribution in [3.05, 3.63) is 24.4 Å². The van der Waals surface area contributed by atoms with E-state index in [1.54, 1.807) is 6.20 Å². The van der Waals surface area contributed by atoms with Gasteiger partial charge >= 0.3 is 0 Å². The maximum absolute atomic E-state index is 11.2. The van der Waals surface area contributed by atoms with Gasteiger partial charge in [-0.15, -0.1) is 0 Å². The van der Waals surface area contributed by atoms with Gasteiger partial charge in [-0.2, -0.15) is 0 Å². The molecule has 2 heterocycles. The van der Waals surface area contributed by atoms with E-state index in [-0.39, 0.29) is 6.54 Å². The molecule has 1 aliphatic heterocycles. The van der Waals surface area contributed by atoms with Gasteiger partial charge in [-0.05, 0) is 25.0 Å². The fraction of sp³-hybridized carbons (Fsp3) is 0.455. The monoisotopic (exact) mass is 221 g/mol. The number of aromatic nitrogens is 1. The lowest BCUT2D eigenvalue weighted by Crippen LogP contribution is -2.56. The van der Waals surface area contributed by atoms with Gasteiger partial charge in [0.05, 0.1) is 6.54 Å². The first-order valence-corrected chi connectivity index (χ1v) is 5.30. The molecule has 86 valence electrons. The number of carbonyl (C=O) groups excluding carboxylic acids is 1. The second-order valence-electron chi connectivity index (χ2n) is 4.11. The van der Waals surface area contributed by atoms with Crippen molar-refractivity contribution in [2.45, 2.75) is 18.4 Å². The van der Waals surface area contributed by atoms with E-state index >= 15 is 0 Å². The van der Waals surface area contributed by atoms with Gasteiger partial charge < -0.3 is 15.7 Å². The molecule has 5 nitrogen and oxygen atoms in total. The molecule has 5 heteroatoms. The number of nitrogens with two attached hydrogens (primary N) is 1. The second kappa shape index (κ2) is 4.09. The molecule has 16 heavy (non-hydrogen) atoms. The number of hydrogen-bond acceptors (Lipinski definition) is 4. The molecule has 0 bridgehead atoms. The van der Waals surface area contributed by atoms with Gasteiger partial charge in [0, 0.05) is 12.7 Å². The first kappa shape index (κ1) is 10.9. The standard InChI is InChI=1S/C11H15N3O2/c12-10(15)11(16)5-3-7-14(8-11)9-4-1-2-6-13-9/h1-2,4,6,16H,3,5,7-8H2,(H2,12,15)/t11-/m1/s1. The molecular formula is C11H15N3O2. The molecule has 0 saturated carbocycles. The Kier molecular flexibility index (Phi) is 2.78. The van der Waals surface area contributed by atoms with Gasteiger partial charge in [-0.3, -0.25) is 4.79 Å². The summed E-state index contributed by atoms with van der Waals surface area (Å²) in [5, 5.41) is 10.0. The van der Waals surface area contributed by atoms with Crippen molar-refractivity contribution in [3.63, 3.8) is 0 Å².